The number of thiol groups is 1. The van der Waals surface area contributed by atoms with Crippen molar-refractivity contribution in [2.24, 2.45) is 0 Å². The molecule has 0 spiro atoms. The highest BCUT2D eigenvalue weighted by molar-refractivity contribution is 7.81. The lowest BCUT2D eigenvalue weighted by atomic mass is 10.1. The highest BCUT2D eigenvalue weighted by Crippen LogP contribution is 2.49. The fourth-order valence-corrected chi connectivity index (χ4v) is 5.02. The Bertz CT molecular complexity index is 1250. The molecule has 0 saturated heterocycles. The van der Waals surface area contributed by atoms with Crippen LogP contribution >= 0.6 is 20.4 Å². The van der Waals surface area contributed by atoms with Gasteiger partial charge in [0.1, 0.15) is 5.75 Å². The summed E-state index contributed by atoms with van der Waals surface area (Å²) in [5.74, 6) is 0.485. The minimum Gasteiger partial charge on any atom is -0.479 e. The monoisotopic (exact) mass is 483 g/mol. The first-order valence-corrected chi connectivity index (χ1v) is 12.8. The Labute approximate surface area is 198 Å². The number of aromatic nitrogens is 1. The van der Waals surface area contributed by atoms with Crippen molar-refractivity contribution in [1.82, 2.24) is 4.98 Å². The van der Waals surface area contributed by atoms with Gasteiger partial charge in [0, 0.05) is 22.5 Å². The van der Waals surface area contributed by atoms with Crippen LogP contribution in [0.5, 0.6) is 5.75 Å². The topological polar surface area (TPSA) is 81.7 Å². The number of benzene rings is 3. The van der Waals surface area contributed by atoms with E-state index >= 15 is 0 Å². The van der Waals surface area contributed by atoms with Gasteiger partial charge in [-0.15, -0.1) is 0 Å². The lowest BCUT2D eigenvalue weighted by Gasteiger charge is -2.20. The normalized spacial score (nSPS) is 11.6. The molecule has 0 unspecified atom stereocenters. The number of para-hydroxylation sites is 2. The Hall–Kier alpha value is -2.77. The summed E-state index contributed by atoms with van der Waals surface area (Å²) in [5, 5.41) is 5.48. The minimum absolute atomic E-state index is 0.211. The standard InChI is InChI=1S/C24H26N3O4PS/c1-3-30-32(28,31-4-2)16-29-23-15-17(27-33)13-14-22(23)26-24-18-9-5-7-11-20(18)25-21-12-8-6-10-19(21)24/h5-15,27,33H,3-4,16H2,1-2H3,(H,25,26). The smallest absolute Gasteiger partial charge is 0.367 e. The van der Waals surface area contributed by atoms with E-state index in [1.165, 1.54) is 0 Å². The molecule has 33 heavy (non-hydrogen) atoms. The molecule has 0 saturated carbocycles. The van der Waals surface area contributed by atoms with Gasteiger partial charge in [0.2, 0.25) is 0 Å². The van der Waals surface area contributed by atoms with Crippen LogP contribution in [0.3, 0.4) is 0 Å². The third-order valence-electron chi connectivity index (χ3n) is 4.99. The van der Waals surface area contributed by atoms with Crippen molar-refractivity contribution in [2.45, 2.75) is 13.8 Å². The summed E-state index contributed by atoms with van der Waals surface area (Å²) in [7, 11) is -3.39. The van der Waals surface area contributed by atoms with Crippen LogP contribution in [-0.4, -0.2) is 24.5 Å². The third kappa shape index (κ3) is 5.25. The first-order chi connectivity index (χ1) is 16.1. The van der Waals surface area contributed by atoms with Crippen molar-refractivity contribution >= 4 is 59.3 Å². The van der Waals surface area contributed by atoms with Crippen LogP contribution in [0.4, 0.5) is 17.1 Å². The molecule has 1 aromatic heterocycles. The molecule has 0 aliphatic heterocycles. The Morgan fingerprint density at radius 2 is 1.52 bits per heavy atom. The van der Waals surface area contributed by atoms with Gasteiger partial charge in [-0.05, 0) is 38.1 Å². The molecule has 0 aliphatic carbocycles. The maximum Gasteiger partial charge on any atom is 0.367 e. The van der Waals surface area contributed by atoms with E-state index < -0.39 is 7.60 Å². The second-order valence-corrected chi connectivity index (χ2v) is 9.41. The Kier molecular flexibility index (Phi) is 7.40. The predicted molar refractivity (Wildman–Crippen MR) is 138 cm³/mol. The highest BCUT2D eigenvalue weighted by Gasteiger charge is 2.25. The largest absolute Gasteiger partial charge is 0.479 e. The summed E-state index contributed by atoms with van der Waals surface area (Å²) in [6.07, 6.45) is -0.211. The molecule has 0 radical (unpaired) electrons. The number of hydrogen-bond donors (Lipinski definition) is 3. The van der Waals surface area contributed by atoms with Crippen LogP contribution in [0.25, 0.3) is 21.8 Å². The average molecular weight is 484 g/mol. The zero-order valence-corrected chi connectivity index (χ0v) is 20.2. The summed E-state index contributed by atoms with van der Waals surface area (Å²) >= 11 is 4.14. The molecular formula is C24H26N3O4PS. The van der Waals surface area contributed by atoms with Gasteiger partial charge in [-0.2, -0.15) is 0 Å². The molecule has 0 atom stereocenters. The molecule has 0 bridgehead atoms. The summed E-state index contributed by atoms with van der Waals surface area (Å²) < 4.78 is 32.5. The van der Waals surface area contributed by atoms with Crippen molar-refractivity contribution in [3.05, 3.63) is 66.7 Å². The number of nitrogens with zero attached hydrogens (tertiary/aromatic N) is 1. The molecule has 1 heterocycles. The number of fused-ring (bicyclic) bond motifs is 2. The van der Waals surface area contributed by atoms with Gasteiger partial charge in [-0.25, -0.2) is 4.98 Å². The van der Waals surface area contributed by atoms with E-state index in [2.05, 4.69) is 22.9 Å². The van der Waals surface area contributed by atoms with E-state index in [-0.39, 0.29) is 19.6 Å². The van der Waals surface area contributed by atoms with E-state index in [1.54, 1.807) is 19.9 Å². The molecule has 0 fully saturated rings. The molecule has 2 N–H and O–H groups in total. The second-order valence-electron chi connectivity index (χ2n) is 7.19. The van der Waals surface area contributed by atoms with Gasteiger partial charge in [0.15, 0.2) is 6.35 Å². The summed E-state index contributed by atoms with van der Waals surface area (Å²) in [6, 6.07) is 21.5. The van der Waals surface area contributed by atoms with E-state index in [0.29, 0.717) is 11.4 Å². The van der Waals surface area contributed by atoms with Crippen LogP contribution in [0.15, 0.2) is 66.7 Å². The molecule has 4 aromatic rings. The number of nitrogens with one attached hydrogen (secondary N) is 2. The van der Waals surface area contributed by atoms with Crippen molar-refractivity contribution in [1.29, 1.82) is 0 Å². The quantitative estimate of drug-likeness (QED) is 0.127. The maximum atomic E-state index is 12.9. The zero-order chi connectivity index (χ0) is 23.3. The molecule has 0 amide bonds. The van der Waals surface area contributed by atoms with Crippen molar-refractivity contribution in [2.75, 3.05) is 29.6 Å². The molecular weight excluding hydrogens is 457 g/mol. The number of hydrogen-bond acceptors (Lipinski definition) is 8. The van der Waals surface area contributed by atoms with Crippen molar-refractivity contribution < 1.29 is 18.3 Å². The molecule has 7 nitrogen and oxygen atoms in total. The average Bonchev–Trinajstić information content (AvgIpc) is 2.83. The second kappa shape index (κ2) is 10.4. The van der Waals surface area contributed by atoms with E-state index in [0.717, 1.165) is 33.2 Å². The van der Waals surface area contributed by atoms with Crippen LogP contribution in [0.2, 0.25) is 0 Å². The van der Waals surface area contributed by atoms with Crippen molar-refractivity contribution in [3.63, 3.8) is 0 Å². The fraction of sp³-hybridized carbons (Fsp3) is 0.208. The van der Waals surface area contributed by atoms with Crippen LogP contribution in [-0.2, 0) is 13.6 Å². The fourth-order valence-electron chi connectivity index (χ4n) is 3.58. The number of pyridine rings is 1. The molecule has 4 rings (SSSR count). The van der Waals surface area contributed by atoms with Gasteiger partial charge < -0.3 is 23.8 Å². The Morgan fingerprint density at radius 1 is 0.909 bits per heavy atom. The maximum absolute atomic E-state index is 12.9. The van der Waals surface area contributed by atoms with E-state index in [9.17, 15) is 4.57 Å². The summed E-state index contributed by atoms with van der Waals surface area (Å²) in [4.78, 5) is 4.78. The summed E-state index contributed by atoms with van der Waals surface area (Å²) in [6.45, 7) is 4.06. The minimum atomic E-state index is -3.39. The Balaban J connectivity index is 1.76. The Morgan fingerprint density at radius 3 is 2.09 bits per heavy atom. The first-order valence-electron chi connectivity index (χ1n) is 10.7. The molecule has 0 aliphatic rings. The summed E-state index contributed by atoms with van der Waals surface area (Å²) in [5.41, 5.74) is 4.10. The number of ether oxygens (including phenoxy) is 1. The lowest BCUT2D eigenvalue weighted by Crippen LogP contribution is -2.07. The molecule has 3 aromatic carbocycles. The van der Waals surface area contributed by atoms with Gasteiger partial charge in [-0.3, -0.25) is 4.57 Å². The zero-order valence-electron chi connectivity index (χ0n) is 18.4. The van der Waals surface area contributed by atoms with Crippen LogP contribution in [0, 0.1) is 0 Å². The number of rotatable bonds is 10. The SMILES string of the molecule is CCOP(=O)(COc1cc(NS)ccc1Nc1c2ccccc2nc2ccccc12)OCC. The van der Waals surface area contributed by atoms with Crippen molar-refractivity contribution in [3.8, 4) is 5.75 Å². The molecule has 172 valence electrons. The lowest BCUT2D eigenvalue weighted by molar-refractivity contribution is 0.197. The highest BCUT2D eigenvalue weighted by atomic mass is 32.1. The van der Waals surface area contributed by atoms with Crippen LogP contribution in [0.1, 0.15) is 13.8 Å². The van der Waals surface area contributed by atoms with Gasteiger partial charge in [-0.1, -0.05) is 49.2 Å². The first kappa shape index (κ1) is 23.4. The van der Waals surface area contributed by atoms with Crippen LogP contribution < -0.4 is 14.8 Å². The molecule has 9 heteroatoms. The van der Waals surface area contributed by atoms with Gasteiger partial charge in [0.25, 0.3) is 0 Å². The van der Waals surface area contributed by atoms with Gasteiger partial charge in [0.05, 0.1) is 35.6 Å². The predicted octanol–water partition coefficient (Wildman–Crippen LogP) is 6.99. The third-order valence-corrected chi connectivity index (χ3v) is 6.99. The van der Waals surface area contributed by atoms with E-state index in [4.69, 9.17) is 18.8 Å². The van der Waals surface area contributed by atoms with Gasteiger partial charge >= 0.3 is 7.60 Å². The van der Waals surface area contributed by atoms with E-state index in [1.807, 2.05) is 60.7 Å². The number of anilines is 3.